The molecule has 0 aromatic carbocycles. The van der Waals surface area contributed by atoms with Gasteiger partial charge in [0.15, 0.2) is 5.13 Å². The first-order chi connectivity index (χ1) is 15.4. The SMILES string of the molecule is CCC1CCC2(CC1)NC(=O)N(CC(=O)NNC(=O)c1csc(N3CCOCC3)n1)C2=O. The summed E-state index contributed by atoms with van der Waals surface area (Å²) in [7, 11) is 0. The molecule has 32 heavy (non-hydrogen) atoms. The predicted molar refractivity (Wildman–Crippen MR) is 116 cm³/mol. The third-order valence-corrected chi connectivity index (χ3v) is 7.31. The molecular formula is C20H28N6O5S. The molecule has 3 N–H and O–H groups in total. The molecule has 0 radical (unpaired) electrons. The summed E-state index contributed by atoms with van der Waals surface area (Å²) < 4.78 is 5.31. The molecule has 3 fully saturated rings. The summed E-state index contributed by atoms with van der Waals surface area (Å²) in [6, 6.07) is -0.568. The van der Waals surface area contributed by atoms with Crippen molar-refractivity contribution in [3.63, 3.8) is 0 Å². The highest BCUT2D eigenvalue weighted by Gasteiger charge is 2.52. The molecule has 12 heteroatoms. The normalized spacial score (nSPS) is 25.7. The lowest BCUT2D eigenvalue weighted by Crippen LogP contribution is -2.51. The van der Waals surface area contributed by atoms with E-state index in [1.165, 1.54) is 11.3 Å². The third-order valence-electron chi connectivity index (χ3n) is 6.41. The molecule has 4 rings (SSSR count). The van der Waals surface area contributed by atoms with Crippen LogP contribution in [0.25, 0.3) is 0 Å². The lowest BCUT2D eigenvalue weighted by molar-refractivity contribution is -0.136. The lowest BCUT2D eigenvalue weighted by atomic mass is 9.75. The summed E-state index contributed by atoms with van der Waals surface area (Å²) >= 11 is 1.34. The molecule has 11 nitrogen and oxygen atoms in total. The van der Waals surface area contributed by atoms with Gasteiger partial charge in [0.2, 0.25) is 0 Å². The molecule has 1 aromatic rings. The molecular weight excluding hydrogens is 436 g/mol. The molecule has 5 amide bonds. The second-order valence-corrected chi connectivity index (χ2v) is 9.21. The number of thiazole rings is 1. The summed E-state index contributed by atoms with van der Waals surface area (Å²) in [4.78, 5) is 57.1. The van der Waals surface area contributed by atoms with E-state index in [4.69, 9.17) is 4.74 Å². The van der Waals surface area contributed by atoms with Crippen LogP contribution in [0.5, 0.6) is 0 Å². The van der Waals surface area contributed by atoms with Crippen LogP contribution in [-0.2, 0) is 14.3 Å². The van der Waals surface area contributed by atoms with Crippen molar-refractivity contribution in [1.29, 1.82) is 0 Å². The molecule has 0 unspecified atom stereocenters. The minimum Gasteiger partial charge on any atom is -0.378 e. The zero-order valence-corrected chi connectivity index (χ0v) is 18.8. The quantitative estimate of drug-likeness (QED) is 0.430. The molecule has 174 valence electrons. The van der Waals surface area contributed by atoms with E-state index in [1.807, 2.05) is 4.90 Å². The van der Waals surface area contributed by atoms with Gasteiger partial charge in [0.25, 0.3) is 17.7 Å². The number of ether oxygens (including phenoxy) is 1. The van der Waals surface area contributed by atoms with Gasteiger partial charge in [-0.3, -0.25) is 30.1 Å². The Bertz CT molecular complexity index is 891. The summed E-state index contributed by atoms with van der Waals surface area (Å²) in [6.07, 6.45) is 3.97. The maximum atomic E-state index is 12.9. The average Bonchev–Trinajstić information content (AvgIpc) is 3.39. The standard InChI is InChI=1S/C20H28N6O5S/c1-2-13-3-5-20(6-4-13)17(29)26(18(30)22-20)11-15(27)23-24-16(28)14-12-32-19(21-14)25-7-9-31-10-8-25/h12-13H,2-11H2,1H3,(H,22,30)(H,23,27)(H,24,28). The van der Waals surface area contributed by atoms with Crippen molar-refractivity contribution in [2.24, 2.45) is 5.92 Å². The van der Waals surface area contributed by atoms with Gasteiger partial charge in [0, 0.05) is 18.5 Å². The van der Waals surface area contributed by atoms with E-state index >= 15 is 0 Å². The minimum atomic E-state index is -0.900. The number of morpholine rings is 1. The highest BCUT2D eigenvalue weighted by molar-refractivity contribution is 7.13. The number of carbonyl (C=O) groups excluding carboxylic acids is 4. The maximum absolute atomic E-state index is 12.9. The van der Waals surface area contributed by atoms with Crippen molar-refractivity contribution >= 4 is 40.2 Å². The van der Waals surface area contributed by atoms with Crippen LogP contribution in [0.15, 0.2) is 5.38 Å². The smallest absolute Gasteiger partial charge is 0.325 e. The number of hydrazine groups is 1. The number of hydrogen-bond donors (Lipinski definition) is 3. The predicted octanol–water partition coefficient (Wildman–Crippen LogP) is 0.632. The number of urea groups is 1. The number of nitrogens with zero attached hydrogens (tertiary/aromatic N) is 3. The third kappa shape index (κ3) is 4.56. The first-order valence-electron chi connectivity index (χ1n) is 10.9. The second kappa shape index (κ2) is 9.41. The Kier molecular flexibility index (Phi) is 6.60. The molecule has 1 aromatic heterocycles. The monoisotopic (exact) mass is 464 g/mol. The molecule has 0 atom stereocenters. The molecule has 2 aliphatic heterocycles. The van der Waals surface area contributed by atoms with E-state index in [1.54, 1.807) is 5.38 Å². The van der Waals surface area contributed by atoms with Crippen LogP contribution < -0.4 is 21.1 Å². The summed E-state index contributed by atoms with van der Waals surface area (Å²) in [5.41, 5.74) is 3.84. The number of hydrogen-bond acceptors (Lipinski definition) is 8. The zero-order valence-electron chi connectivity index (χ0n) is 18.0. The van der Waals surface area contributed by atoms with Crippen LogP contribution in [0.4, 0.5) is 9.93 Å². The van der Waals surface area contributed by atoms with Crippen molar-refractivity contribution in [1.82, 2.24) is 26.1 Å². The van der Waals surface area contributed by atoms with E-state index in [2.05, 4.69) is 28.1 Å². The molecule has 1 spiro atoms. The molecule has 1 aliphatic carbocycles. The number of carbonyl (C=O) groups is 4. The van der Waals surface area contributed by atoms with Gasteiger partial charge >= 0.3 is 6.03 Å². The number of anilines is 1. The number of nitrogens with one attached hydrogen (secondary N) is 3. The Morgan fingerprint density at radius 3 is 2.66 bits per heavy atom. The van der Waals surface area contributed by atoms with Crippen molar-refractivity contribution in [2.75, 3.05) is 37.7 Å². The van der Waals surface area contributed by atoms with Gasteiger partial charge in [-0.05, 0) is 31.6 Å². The zero-order chi connectivity index (χ0) is 22.7. The van der Waals surface area contributed by atoms with Gasteiger partial charge in [0.1, 0.15) is 17.8 Å². The van der Waals surface area contributed by atoms with Crippen LogP contribution in [0.1, 0.15) is 49.5 Å². The number of rotatable bonds is 5. The van der Waals surface area contributed by atoms with Gasteiger partial charge in [0.05, 0.1) is 13.2 Å². The van der Waals surface area contributed by atoms with E-state index in [0.29, 0.717) is 50.2 Å². The van der Waals surface area contributed by atoms with Crippen LogP contribution >= 0.6 is 11.3 Å². The lowest BCUT2D eigenvalue weighted by Gasteiger charge is -2.34. The minimum absolute atomic E-state index is 0.179. The Balaban J connectivity index is 1.27. The first kappa shape index (κ1) is 22.5. The van der Waals surface area contributed by atoms with Gasteiger partial charge in [-0.25, -0.2) is 9.78 Å². The Morgan fingerprint density at radius 2 is 1.97 bits per heavy atom. The first-order valence-corrected chi connectivity index (χ1v) is 11.8. The topological polar surface area (TPSA) is 133 Å². The number of aromatic nitrogens is 1. The van der Waals surface area contributed by atoms with Crippen molar-refractivity contribution in [3.05, 3.63) is 11.1 Å². The van der Waals surface area contributed by atoms with Crippen LogP contribution in [0, 0.1) is 5.92 Å². The number of imide groups is 1. The van der Waals surface area contributed by atoms with Gasteiger partial charge in [-0.15, -0.1) is 11.3 Å². The van der Waals surface area contributed by atoms with E-state index in [-0.39, 0.29) is 11.6 Å². The highest BCUT2D eigenvalue weighted by atomic mass is 32.1. The van der Waals surface area contributed by atoms with Gasteiger partial charge in [-0.2, -0.15) is 0 Å². The highest BCUT2D eigenvalue weighted by Crippen LogP contribution is 2.37. The van der Waals surface area contributed by atoms with Gasteiger partial charge < -0.3 is 15.0 Å². The largest absolute Gasteiger partial charge is 0.378 e. The summed E-state index contributed by atoms with van der Waals surface area (Å²) in [5, 5.41) is 5.12. The van der Waals surface area contributed by atoms with Crippen LogP contribution in [0.2, 0.25) is 0 Å². The fourth-order valence-electron chi connectivity index (χ4n) is 4.38. The molecule has 2 saturated heterocycles. The molecule has 0 bridgehead atoms. The second-order valence-electron chi connectivity index (χ2n) is 8.37. The average molecular weight is 465 g/mol. The summed E-state index contributed by atoms with van der Waals surface area (Å²) in [5.74, 6) is -1.04. The van der Waals surface area contributed by atoms with Gasteiger partial charge in [-0.1, -0.05) is 13.3 Å². The van der Waals surface area contributed by atoms with Crippen LogP contribution in [0.3, 0.4) is 0 Å². The van der Waals surface area contributed by atoms with E-state index in [9.17, 15) is 19.2 Å². The fraction of sp³-hybridized carbons (Fsp3) is 0.650. The molecule has 1 saturated carbocycles. The van der Waals surface area contributed by atoms with Crippen molar-refractivity contribution in [2.45, 2.75) is 44.6 Å². The molecule has 3 heterocycles. The van der Waals surface area contributed by atoms with Crippen LogP contribution in [-0.4, -0.2) is 72.0 Å². The Labute approximate surface area is 189 Å². The van der Waals surface area contributed by atoms with Crippen molar-refractivity contribution in [3.8, 4) is 0 Å². The van der Waals surface area contributed by atoms with E-state index < -0.39 is 29.9 Å². The number of amides is 5. The van der Waals surface area contributed by atoms with Crippen molar-refractivity contribution < 1.29 is 23.9 Å². The Hall–Kier alpha value is -2.73. The Morgan fingerprint density at radius 1 is 1.25 bits per heavy atom. The maximum Gasteiger partial charge on any atom is 0.325 e. The summed E-state index contributed by atoms with van der Waals surface area (Å²) in [6.45, 7) is 4.30. The molecule has 3 aliphatic rings. The van der Waals surface area contributed by atoms with E-state index in [0.717, 1.165) is 24.2 Å². The fourth-order valence-corrected chi connectivity index (χ4v) is 5.24.